The molecule has 0 aliphatic heterocycles. The molecule has 0 aliphatic rings. The van der Waals surface area contributed by atoms with Gasteiger partial charge in [0.1, 0.15) is 0 Å². The van der Waals surface area contributed by atoms with Crippen LogP contribution in [0.5, 0.6) is 0 Å². The van der Waals surface area contributed by atoms with E-state index in [1.165, 1.54) is 54.2 Å². The highest BCUT2D eigenvalue weighted by Gasteiger charge is 2.32. The number of aromatic amines is 1. The summed E-state index contributed by atoms with van der Waals surface area (Å²) in [5.74, 6) is 0.109. The SMILES string of the molecule is CC(C)(C)C(c1ccc(P(=O)(c2ccccc2)c2ccc3ccccc3c2)cc1)c1ccc2ccc3[nH]c4cc5ccc6ccccc6c5cc4c3c2c1. The largest absolute Gasteiger partial charge is 0.354 e. The first kappa shape index (κ1) is 32.7. The van der Waals surface area contributed by atoms with Crippen molar-refractivity contribution in [1.82, 2.24) is 4.98 Å². The molecule has 260 valence electrons. The van der Waals surface area contributed by atoms with Crippen molar-refractivity contribution in [3.63, 3.8) is 0 Å². The Hall–Kier alpha value is -5.95. The summed E-state index contributed by atoms with van der Waals surface area (Å²) >= 11 is 0. The molecule has 1 N–H and O–H groups in total. The molecule has 0 saturated heterocycles. The zero-order chi connectivity index (χ0) is 36.6. The second-order valence-electron chi connectivity index (χ2n) is 15.9. The smallest absolute Gasteiger partial charge is 0.171 e. The average Bonchev–Trinajstić information content (AvgIpc) is 3.57. The summed E-state index contributed by atoms with van der Waals surface area (Å²) < 4.78 is 15.5. The van der Waals surface area contributed by atoms with Gasteiger partial charge in [-0.15, -0.1) is 0 Å². The van der Waals surface area contributed by atoms with Crippen molar-refractivity contribution < 1.29 is 4.57 Å². The molecule has 1 aromatic heterocycles. The molecule has 10 rings (SSSR count). The molecule has 0 radical (unpaired) electrons. The highest BCUT2D eigenvalue weighted by Crippen LogP contribution is 2.46. The molecule has 54 heavy (non-hydrogen) atoms. The van der Waals surface area contributed by atoms with Crippen LogP contribution in [0.4, 0.5) is 0 Å². The highest BCUT2D eigenvalue weighted by atomic mass is 31.2. The van der Waals surface area contributed by atoms with Gasteiger partial charge in [0.25, 0.3) is 0 Å². The van der Waals surface area contributed by atoms with Crippen LogP contribution in [-0.2, 0) is 4.57 Å². The fourth-order valence-electron chi connectivity index (χ4n) is 8.95. The molecule has 10 aromatic rings. The lowest BCUT2D eigenvalue weighted by molar-refractivity contribution is 0.359. The number of hydrogen-bond donors (Lipinski definition) is 1. The van der Waals surface area contributed by atoms with Crippen LogP contribution in [-0.4, -0.2) is 4.98 Å². The Kier molecular flexibility index (Phi) is 7.45. The fourth-order valence-corrected chi connectivity index (χ4v) is 11.6. The van der Waals surface area contributed by atoms with Crippen molar-refractivity contribution in [2.75, 3.05) is 0 Å². The maximum atomic E-state index is 15.5. The maximum Gasteiger partial charge on any atom is 0.171 e. The lowest BCUT2D eigenvalue weighted by Crippen LogP contribution is -2.26. The Balaban J connectivity index is 1.12. The van der Waals surface area contributed by atoms with E-state index in [2.05, 4.69) is 153 Å². The third kappa shape index (κ3) is 5.20. The number of H-pyrrole nitrogens is 1. The number of nitrogens with one attached hydrogen (secondary N) is 1. The van der Waals surface area contributed by atoms with Crippen LogP contribution in [0.1, 0.15) is 37.8 Å². The van der Waals surface area contributed by atoms with Crippen molar-refractivity contribution in [2.45, 2.75) is 26.7 Å². The fraction of sp³-hybridized carbons (Fsp3) is 0.0980. The quantitative estimate of drug-likeness (QED) is 0.140. The van der Waals surface area contributed by atoms with Crippen LogP contribution < -0.4 is 15.9 Å². The molecule has 9 aromatic carbocycles. The van der Waals surface area contributed by atoms with E-state index >= 15 is 4.57 Å². The molecular formula is C51H40NOP. The third-order valence-corrected chi connectivity index (χ3v) is 14.5. The van der Waals surface area contributed by atoms with E-state index in [-0.39, 0.29) is 11.3 Å². The second-order valence-corrected chi connectivity index (χ2v) is 18.6. The minimum Gasteiger partial charge on any atom is -0.354 e. The van der Waals surface area contributed by atoms with Crippen LogP contribution >= 0.6 is 7.14 Å². The predicted octanol–water partition coefficient (Wildman–Crippen LogP) is 12.8. The molecule has 2 atom stereocenters. The number of rotatable bonds is 5. The molecule has 2 unspecified atom stereocenters. The first-order valence-electron chi connectivity index (χ1n) is 18.8. The van der Waals surface area contributed by atoms with Crippen molar-refractivity contribution in [3.05, 3.63) is 187 Å². The second kappa shape index (κ2) is 12.3. The van der Waals surface area contributed by atoms with Gasteiger partial charge in [-0.2, -0.15) is 0 Å². The first-order valence-corrected chi connectivity index (χ1v) is 20.5. The number of benzene rings is 9. The number of hydrogen-bond acceptors (Lipinski definition) is 1. The standard InChI is InChI=1S/C51H40NOP/c1-51(2,3)50(36-22-25-41(26-23-36)54(53,40-14-5-4-6-15-40)42-27-21-33-11-7-8-13-37(33)29-42)39-20-18-35-24-28-47-49(45(35)30-39)46-32-44-38(31-48(46)52-47)19-17-34-12-9-10-16-43(34)44/h4-32,50,52H,1-3H3. The molecular weight excluding hydrogens is 674 g/mol. The lowest BCUT2D eigenvalue weighted by atomic mass is 9.72. The minimum atomic E-state index is -3.16. The zero-order valence-corrected chi connectivity index (χ0v) is 31.6. The normalized spacial score (nSPS) is 14.0. The van der Waals surface area contributed by atoms with E-state index in [1.54, 1.807) is 0 Å². The van der Waals surface area contributed by atoms with Crippen LogP contribution in [0.3, 0.4) is 0 Å². The summed E-state index contributed by atoms with van der Waals surface area (Å²) in [5.41, 5.74) is 4.71. The van der Waals surface area contributed by atoms with Gasteiger partial charge in [0.05, 0.1) is 0 Å². The summed E-state index contributed by atoms with van der Waals surface area (Å²) in [7, 11) is -3.16. The Labute approximate surface area is 315 Å². The summed E-state index contributed by atoms with van der Waals surface area (Å²) in [6, 6.07) is 62.5. The van der Waals surface area contributed by atoms with E-state index < -0.39 is 7.14 Å². The Morgan fingerprint density at radius 2 is 1.02 bits per heavy atom. The van der Waals surface area contributed by atoms with Crippen LogP contribution in [0.2, 0.25) is 0 Å². The lowest BCUT2D eigenvalue weighted by Gasteiger charge is -2.32. The van der Waals surface area contributed by atoms with E-state index in [1.807, 2.05) is 48.5 Å². The molecule has 0 spiro atoms. The van der Waals surface area contributed by atoms with E-state index in [4.69, 9.17) is 0 Å². The molecule has 0 bridgehead atoms. The van der Waals surface area contributed by atoms with E-state index in [0.717, 1.165) is 37.7 Å². The van der Waals surface area contributed by atoms with Gasteiger partial charge in [-0.25, -0.2) is 0 Å². The molecule has 0 aliphatic carbocycles. The molecule has 0 fully saturated rings. The number of aromatic nitrogens is 1. The molecule has 0 saturated carbocycles. The third-order valence-electron chi connectivity index (χ3n) is 11.5. The summed E-state index contributed by atoms with van der Waals surface area (Å²) in [5, 5.41) is 14.8. The monoisotopic (exact) mass is 713 g/mol. The summed E-state index contributed by atoms with van der Waals surface area (Å²) in [4.78, 5) is 3.75. The van der Waals surface area contributed by atoms with Crippen LogP contribution in [0.25, 0.3) is 64.9 Å². The van der Waals surface area contributed by atoms with Gasteiger partial charge in [0.2, 0.25) is 0 Å². The van der Waals surface area contributed by atoms with Crippen molar-refractivity contribution in [2.24, 2.45) is 5.41 Å². The first-order chi connectivity index (χ1) is 26.3. The highest BCUT2D eigenvalue weighted by molar-refractivity contribution is 7.85. The Morgan fingerprint density at radius 1 is 0.426 bits per heavy atom. The van der Waals surface area contributed by atoms with Gasteiger partial charge in [0, 0.05) is 43.6 Å². The summed E-state index contributed by atoms with van der Waals surface area (Å²) in [6.07, 6.45) is 0. The van der Waals surface area contributed by atoms with Gasteiger partial charge in [-0.3, -0.25) is 0 Å². The van der Waals surface area contributed by atoms with Gasteiger partial charge < -0.3 is 9.55 Å². The maximum absolute atomic E-state index is 15.5. The van der Waals surface area contributed by atoms with Crippen LogP contribution in [0.15, 0.2) is 176 Å². The van der Waals surface area contributed by atoms with Gasteiger partial charge in [0.15, 0.2) is 7.14 Å². The Bertz CT molecular complexity index is 3110. The van der Waals surface area contributed by atoms with E-state index in [9.17, 15) is 0 Å². The van der Waals surface area contributed by atoms with Gasteiger partial charge in [-0.05, 0) is 90.0 Å². The summed E-state index contributed by atoms with van der Waals surface area (Å²) in [6.45, 7) is 6.97. The van der Waals surface area contributed by atoms with Gasteiger partial charge in [-0.1, -0.05) is 166 Å². The van der Waals surface area contributed by atoms with Crippen molar-refractivity contribution in [1.29, 1.82) is 0 Å². The van der Waals surface area contributed by atoms with Gasteiger partial charge >= 0.3 is 0 Å². The molecule has 3 heteroatoms. The topological polar surface area (TPSA) is 32.9 Å². The van der Waals surface area contributed by atoms with Crippen molar-refractivity contribution in [3.8, 4) is 0 Å². The van der Waals surface area contributed by atoms with E-state index in [0.29, 0.717) is 0 Å². The zero-order valence-electron chi connectivity index (χ0n) is 30.7. The molecule has 2 nitrogen and oxygen atoms in total. The molecule has 0 amide bonds. The minimum absolute atomic E-state index is 0.0834. The predicted molar refractivity (Wildman–Crippen MR) is 233 cm³/mol. The molecule has 1 heterocycles. The van der Waals surface area contributed by atoms with Crippen LogP contribution in [0, 0.1) is 5.41 Å². The Morgan fingerprint density at radius 3 is 1.81 bits per heavy atom. The van der Waals surface area contributed by atoms with Crippen molar-refractivity contribution >= 4 is 88.0 Å². The number of fused-ring (bicyclic) bond motifs is 9. The average molecular weight is 714 g/mol.